The zero-order valence-electron chi connectivity index (χ0n) is 25.9. The summed E-state index contributed by atoms with van der Waals surface area (Å²) in [5, 5.41) is 21.2. The number of esters is 1. The number of unbranched alkanes of at least 4 members (excludes halogenated alkanes) is 2. The smallest absolute Gasteiger partial charge is 0.306 e. The Kier molecular flexibility index (Phi) is 18.0. The average molecular weight is 608 g/mol. The first-order valence-electron chi connectivity index (χ1n) is 15.8. The maximum absolute atomic E-state index is 12.6. The molecular weight excluding hydrogens is 554 g/mol. The Bertz CT molecular complexity index is 935. The van der Waals surface area contributed by atoms with E-state index in [0.717, 1.165) is 48.3 Å². The minimum Gasteiger partial charge on any atom is -0.456 e. The van der Waals surface area contributed by atoms with Crippen LogP contribution in [0.15, 0.2) is 24.3 Å². The van der Waals surface area contributed by atoms with Gasteiger partial charge < -0.3 is 24.6 Å². The van der Waals surface area contributed by atoms with Crippen molar-refractivity contribution in [2.75, 3.05) is 38.3 Å². The summed E-state index contributed by atoms with van der Waals surface area (Å²) in [6.45, 7) is 5.92. The van der Waals surface area contributed by atoms with Crippen molar-refractivity contribution in [2.45, 2.75) is 103 Å². The summed E-state index contributed by atoms with van der Waals surface area (Å²) < 4.78 is 10.4. The van der Waals surface area contributed by atoms with Gasteiger partial charge in [0.25, 0.3) is 5.91 Å². The minimum absolute atomic E-state index is 0.106. The quantitative estimate of drug-likeness (QED) is 0.141. The van der Waals surface area contributed by atoms with Crippen LogP contribution in [0.3, 0.4) is 0 Å². The highest BCUT2D eigenvalue weighted by molar-refractivity contribution is 7.99. The van der Waals surface area contributed by atoms with Gasteiger partial charge in [0.15, 0.2) is 6.61 Å². The number of carbonyl (C=O) groups is 3. The van der Waals surface area contributed by atoms with Crippen LogP contribution in [0.4, 0.5) is 0 Å². The fourth-order valence-electron chi connectivity index (χ4n) is 5.55. The van der Waals surface area contributed by atoms with Crippen LogP contribution in [0.25, 0.3) is 0 Å². The van der Waals surface area contributed by atoms with Gasteiger partial charge in [0.05, 0.1) is 18.8 Å². The molecule has 0 radical (unpaired) electrons. The van der Waals surface area contributed by atoms with E-state index in [4.69, 9.17) is 9.47 Å². The molecule has 0 unspecified atom stereocenters. The normalized spacial score (nSPS) is 19.2. The van der Waals surface area contributed by atoms with Gasteiger partial charge in [-0.2, -0.15) is 11.8 Å². The van der Waals surface area contributed by atoms with E-state index in [1.165, 1.54) is 0 Å². The van der Waals surface area contributed by atoms with Crippen LogP contribution in [0.1, 0.15) is 89.2 Å². The number of benzene rings is 1. The Labute approximate surface area is 256 Å². The Balaban J connectivity index is 1.65. The maximum atomic E-state index is 12.6. The van der Waals surface area contributed by atoms with Crippen molar-refractivity contribution in [3.05, 3.63) is 35.4 Å². The lowest BCUT2D eigenvalue weighted by atomic mass is 9.86. The summed E-state index contributed by atoms with van der Waals surface area (Å²) in [7, 11) is 1.66. The number of rotatable bonds is 22. The van der Waals surface area contributed by atoms with Crippen LogP contribution in [0.5, 0.6) is 0 Å². The van der Waals surface area contributed by atoms with Crippen molar-refractivity contribution in [2.24, 2.45) is 11.8 Å². The van der Waals surface area contributed by atoms with Gasteiger partial charge in [-0.15, -0.1) is 0 Å². The molecule has 4 atom stereocenters. The standard InChI is InChI=1S/C33H53NO7S/c1-4-6-16-34(17-7-5-2)32(38)24-41-33(39)12-9-18-42-19-15-29-28(30(36)22-31(29)37)14-13-27(35)21-25-10-8-11-26(20-25)23-40-3/h8,10-11,20,27-30,35-36H,4-7,9,12-19,21-24H2,1-3H3/t27-,28-,29-,30-/m1/s1. The Hall–Kier alpha value is -1.94. The molecule has 1 aliphatic rings. The fraction of sp³-hybridized carbons (Fsp3) is 0.727. The van der Waals surface area contributed by atoms with E-state index in [2.05, 4.69) is 13.8 Å². The van der Waals surface area contributed by atoms with E-state index in [1.807, 2.05) is 24.3 Å². The van der Waals surface area contributed by atoms with Crippen LogP contribution >= 0.6 is 11.8 Å². The molecule has 0 spiro atoms. The number of aliphatic hydroxyl groups excluding tert-OH is 2. The zero-order valence-corrected chi connectivity index (χ0v) is 26.7. The summed E-state index contributed by atoms with van der Waals surface area (Å²) in [6.07, 6.45) is 6.19. The predicted molar refractivity (Wildman–Crippen MR) is 167 cm³/mol. The first kappa shape index (κ1) is 36.3. The van der Waals surface area contributed by atoms with E-state index in [0.29, 0.717) is 51.8 Å². The SMILES string of the molecule is CCCCN(CCCC)C(=O)COC(=O)CCCSCC[C@H]1C(=O)C[C@@H](O)[C@@H]1CC[C@@H](O)Cc1cccc(COC)c1. The van der Waals surface area contributed by atoms with Crippen molar-refractivity contribution in [3.8, 4) is 0 Å². The minimum atomic E-state index is -0.651. The summed E-state index contributed by atoms with van der Waals surface area (Å²) in [5.74, 6) is 0.839. The first-order valence-corrected chi connectivity index (χ1v) is 16.9. The van der Waals surface area contributed by atoms with E-state index in [-0.39, 0.29) is 48.9 Å². The summed E-state index contributed by atoms with van der Waals surface area (Å²) >= 11 is 1.69. The summed E-state index contributed by atoms with van der Waals surface area (Å²) in [6, 6.07) is 7.99. The van der Waals surface area contributed by atoms with Crippen LogP contribution in [-0.4, -0.2) is 83.3 Å². The molecule has 42 heavy (non-hydrogen) atoms. The second-order valence-corrected chi connectivity index (χ2v) is 12.7. The number of nitrogens with zero attached hydrogens (tertiary/aromatic N) is 1. The van der Waals surface area contributed by atoms with E-state index in [1.54, 1.807) is 23.8 Å². The maximum Gasteiger partial charge on any atom is 0.306 e. The molecule has 0 heterocycles. The molecular formula is C33H53NO7S. The number of aliphatic hydroxyl groups is 2. The lowest BCUT2D eigenvalue weighted by Gasteiger charge is -2.22. The number of hydrogen-bond acceptors (Lipinski definition) is 8. The highest BCUT2D eigenvalue weighted by Gasteiger charge is 2.40. The third kappa shape index (κ3) is 13.6. The van der Waals surface area contributed by atoms with Gasteiger partial charge in [0, 0.05) is 39.0 Å². The molecule has 0 aromatic heterocycles. The lowest BCUT2D eigenvalue weighted by Crippen LogP contribution is -2.36. The molecule has 1 amide bonds. The number of ether oxygens (including phenoxy) is 2. The molecule has 0 saturated heterocycles. The van der Waals surface area contributed by atoms with Gasteiger partial charge in [0.2, 0.25) is 0 Å². The number of methoxy groups -OCH3 is 1. The molecule has 1 aliphatic carbocycles. The first-order chi connectivity index (χ1) is 20.3. The molecule has 1 saturated carbocycles. The number of Topliss-reactive ketones (excluding diaryl/α,β-unsaturated/α-hetero) is 1. The Morgan fingerprint density at radius 2 is 1.79 bits per heavy atom. The Morgan fingerprint density at radius 3 is 2.48 bits per heavy atom. The monoisotopic (exact) mass is 607 g/mol. The number of hydrogen-bond donors (Lipinski definition) is 2. The lowest BCUT2D eigenvalue weighted by molar-refractivity contribution is -0.152. The number of thioether (sulfide) groups is 1. The fourth-order valence-corrected chi connectivity index (χ4v) is 6.53. The van der Waals surface area contributed by atoms with E-state index < -0.39 is 12.2 Å². The van der Waals surface area contributed by atoms with Crippen molar-refractivity contribution < 1.29 is 34.1 Å². The van der Waals surface area contributed by atoms with Crippen molar-refractivity contribution >= 4 is 29.4 Å². The van der Waals surface area contributed by atoms with Gasteiger partial charge in [-0.25, -0.2) is 0 Å². The molecule has 238 valence electrons. The molecule has 1 fully saturated rings. The van der Waals surface area contributed by atoms with Crippen molar-refractivity contribution in [3.63, 3.8) is 0 Å². The van der Waals surface area contributed by atoms with Crippen LogP contribution < -0.4 is 0 Å². The largest absolute Gasteiger partial charge is 0.456 e. The van der Waals surface area contributed by atoms with E-state index in [9.17, 15) is 24.6 Å². The van der Waals surface area contributed by atoms with Gasteiger partial charge in [-0.1, -0.05) is 51.0 Å². The summed E-state index contributed by atoms with van der Waals surface area (Å²) in [4.78, 5) is 39.0. The number of ketones is 1. The second kappa shape index (κ2) is 20.9. The number of amides is 1. The molecule has 8 nitrogen and oxygen atoms in total. The summed E-state index contributed by atoms with van der Waals surface area (Å²) in [5.41, 5.74) is 2.11. The third-order valence-corrected chi connectivity index (χ3v) is 9.06. The zero-order chi connectivity index (χ0) is 30.7. The predicted octanol–water partition coefficient (Wildman–Crippen LogP) is 4.96. The highest BCUT2D eigenvalue weighted by atomic mass is 32.2. The Morgan fingerprint density at radius 1 is 1.07 bits per heavy atom. The molecule has 2 rings (SSSR count). The van der Waals surface area contributed by atoms with Crippen LogP contribution in [-0.2, 0) is 36.9 Å². The molecule has 1 aromatic rings. The molecule has 9 heteroatoms. The van der Waals surface area contributed by atoms with Crippen LogP contribution in [0, 0.1) is 11.8 Å². The van der Waals surface area contributed by atoms with Gasteiger partial charge in [-0.3, -0.25) is 14.4 Å². The van der Waals surface area contributed by atoms with Crippen molar-refractivity contribution in [1.82, 2.24) is 4.90 Å². The number of carbonyl (C=O) groups excluding carboxylic acids is 3. The molecule has 0 bridgehead atoms. The van der Waals surface area contributed by atoms with Gasteiger partial charge in [0.1, 0.15) is 5.78 Å². The molecule has 0 aliphatic heterocycles. The van der Waals surface area contributed by atoms with Gasteiger partial charge >= 0.3 is 5.97 Å². The molecule has 2 N–H and O–H groups in total. The average Bonchev–Trinajstić information content (AvgIpc) is 3.24. The van der Waals surface area contributed by atoms with E-state index >= 15 is 0 Å². The highest BCUT2D eigenvalue weighted by Crippen LogP contribution is 2.36. The molecule has 1 aromatic carbocycles. The second-order valence-electron chi connectivity index (χ2n) is 11.4. The van der Waals surface area contributed by atoms with Crippen LogP contribution in [0.2, 0.25) is 0 Å². The van der Waals surface area contributed by atoms with Crippen molar-refractivity contribution in [1.29, 1.82) is 0 Å². The van der Waals surface area contributed by atoms with Gasteiger partial charge in [-0.05, 0) is 73.5 Å². The topological polar surface area (TPSA) is 113 Å². The third-order valence-electron chi connectivity index (χ3n) is 7.96.